The Hall–Kier alpha value is -2.68. The number of thioether (sulfide) groups is 1. The van der Waals surface area contributed by atoms with Crippen molar-refractivity contribution >= 4 is 17.7 Å². The highest BCUT2D eigenvalue weighted by atomic mass is 32.2. The van der Waals surface area contributed by atoms with Crippen LogP contribution in [0.1, 0.15) is 27.6 Å². The van der Waals surface area contributed by atoms with Gasteiger partial charge in [-0.15, -0.1) is 0 Å². The maximum Gasteiger partial charge on any atom is 0.274 e. The topological polar surface area (TPSA) is 101 Å². The second-order valence-corrected chi connectivity index (χ2v) is 5.96. The van der Waals surface area contributed by atoms with E-state index in [-0.39, 0.29) is 12.5 Å². The number of para-hydroxylation sites is 1. The Morgan fingerprint density at radius 1 is 1.21 bits per heavy atom. The number of rotatable bonds is 6. The zero-order chi connectivity index (χ0) is 16.9. The Kier molecular flexibility index (Phi) is 4.90. The van der Waals surface area contributed by atoms with Gasteiger partial charge in [-0.3, -0.25) is 4.79 Å². The van der Waals surface area contributed by atoms with Crippen LogP contribution < -0.4 is 5.32 Å². The summed E-state index contributed by atoms with van der Waals surface area (Å²) in [6, 6.07) is 9.63. The second-order valence-electron chi connectivity index (χ2n) is 5.09. The molecule has 0 unspecified atom stereocenters. The average molecular weight is 343 g/mol. The lowest BCUT2D eigenvalue weighted by Gasteiger charge is -2.02. The molecule has 0 saturated heterocycles. The van der Waals surface area contributed by atoms with Gasteiger partial charge in [0.25, 0.3) is 5.91 Å². The van der Waals surface area contributed by atoms with E-state index in [2.05, 4.69) is 30.9 Å². The predicted molar refractivity (Wildman–Crippen MR) is 90.9 cm³/mol. The molecule has 0 aliphatic heterocycles. The Morgan fingerprint density at radius 3 is 2.75 bits per heavy atom. The fourth-order valence-electron chi connectivity index (χ4n) is 2.17. The minimum atomic E-state index is -0.276. The van der Waals surface area contributed by atoms with Gasteiger partial charge >= 0.3 is 0 Å². The van der Waals surface area contributed by atoms with E-state index in [0.29, 0.717) is 22.8 Å². The van der Waals surface area contributed by atoms with Crippen LogP contribution in [0.3, 0.4) is 0 Å². The highest BCUT2D eigenvalue weighted by Gasteiger charge is 2.17. The van der Waals surface area contributed by atoms with Gasteiger partial charge < -0.3 is 5.32 Å². The monoisotopic (exact) mass is 343 g/mol. The molecule has 0 spiro atoms. The molecule has 1 aromatic carbocycles. The van der Waals surface area contributed by atoms with Crippen LogP contribution in [-0.2, 0) is 12.3 Å². The fraction of sp³-hybridized carbons (Fsp3) is 0.267. The highest BCUT2D eigenvalue weighted by molar-refractivity contribution is 7.97. The molecule has 9 heteroatoms. The number of aromatic nitrogens is 6. The molecule has 0 fully saturated rings. The van der Waals surface area contributed by atoms with E-state index in [1.165, 1.54) is 0 Å². The molecule has 24 heavy (non-hydrogen) atoms. The number of carbonyl (C=O) groups is 1. The number of benzene rings is 1. The lowest BCUT2D eigenvalue weighted by Crippen LogP contribution is -2.25. The van der Waals surface area contributed by atoms with Crippen molar-refractivity contribution in [3.05, 3.63) is 53.1 Å². The van der Waals surface area contributed by atoms with Crippen LogP contribution >= 0.6 is 11.8 Å². The Balaban J connectivity index is 1.70. The zero-order valence-electron chi connectivity index (χ0n) is 13.4. The largest absolute Gasteiger partial charge is 0.345 e. The van der Waals surface area contributed by atoms with Gasteiger partial charge in [-0.1, -0.05) is 18.2 Å². The molecule has 2 heterocycles. The number of carbonyl (C=O) groups excluding carboxylic acids is 1. The minimum Gasteiger partial charge on any atom is -0.345 e. The summed E-state index contributed by atoms with van der Waals surface area (Å²) in [5, 5.41) is 22.0. The number of hydrogen-bond donors (Lipinski definition) is 2. The first-order valence-electron chi connectivity index (χ1n) is 7.34. The normalized spacial score (nSPS) is 10.8. The summed E-state index contributed by atoms with van der Waals surface area (Å²) in [5.41, 5.74) is 3.31. The van der Waals surface area contributed by atoms with Gasteiger partial charge in [0.05, 0.1) is 17.9 Å². The van der Waals surface area contributed by atoms with E-state index in [1.807, 2.05) is 43.5 Å². The molecule has 3 aromatic rings. The average Bonchev–Trinajstić information content (AvgIpc) is 3.21. The molecular formula is C15H17N7OS. The van der Waals surface area contributed by atoms with Gasteiger partial charge in [0.2, 0.25) is 0 Å². The van der Waals surface area contributed by atoms with E-state index in [4.69, 9.17) is 0 Å². The third-order valence-corrected chi connectivity index (χ3v) is 3.96. The van der Waals surface area contributed by atoms with Crippen LogP contribution in [0, 0.1) is 6.92 Å². The minimum absolute atomic E-state index is 0.276. The molecule has 0 aliphatic carbocycles. The standard InChI is InChI=1S/C15H17N7OS/c1-10-12(20-22(19-10)11-6-4-3-5-7-11)8-16-15(23)14-13(9-24-2)17-21-18-14/h3-7H,8-9H2,1-2H3,(H,16,23)(H,17,18,21). The maximum atomic E-state index is 12.3. The third kappa shape index (κ3) is 3.46. The number of nitrogens with zero attached hydrogens (tertiary/aromatic N) is 5. The molecule has 8 nitrogen and oxygen atoms in total. The first-order chi connectivity index (χ1) is 11.7. The summed E-state index contributed by atoms with van der Waals surface area (Å²) >= 11 is 1.58. The van der Waals surface area contributed by atoms with Crippen LogP contribution in [0.5, 0.6) is 0 Å². The Bertz CT molecular complexity index is 827. The molecule has 2 N–H and O–H groups in total. The van der Waals surface area contributed by atoms with Crippen LogP contribution in [0.15, 0.2) is 30.3 Å². The summed E-state index contributed by atoms with van der Waals surface area (Å²) in [6.07, 6.45) is 1.95. The summed E-state index contributed by atoms with van der Waals surface area (Å²) in [6.45, 7) is 2.15. The molecule has 2 aromatic heterocycles. The quantitative estimate of drug-likeness (QED) is 0.703. The molecule has 1 amide bonds. The Morgan fingerprint density at radius 2 is 2.00 bits per heavy atom. The van der Waals surface area contributed by atoms with Crippen molar-refractivity contribution in [2.75, 3.05) is 6.26 Å². The van der Waals surface area contributed by atoms with Crippen molar-refractivity contribution < 1.29 is 4.79 Å². The van der Waals surface area contributed by atoms with Gasteiger partial charge in [0.15, 0.2) is 5.69 Å². The maximum absolute atomic E-state index is 12.3. The van der Waals surface area contributed by atoms with E-state index >= 15 is 0 Å². The van der Waals surface area contributed by atoms with Crippen molar-refractivity contribution in [1.82, 2.24) is 35.7 Å². The number of nitrogens with one attached hydrogen (secondary N) is 2. The molecular weight excluding hydrogens is 326 g/mol. The SMILES string of the molecule is CSCc1n[nH]nc1C(=O)NCc1nn(-c2ccccc2)nc1C. The van der Waals surface area contributed by atoms with Gasteiger partial charge in [-0.25, -0.2) is 0 Å². The first kappa shape index (κ1) is 16.2. The van der Waals surface area contributed by atoms with E-state index < -0.39 is 0 Å². The zero-order valence-corrected chi connectivity index (χ0v) is 14.2. The third-order valence-electron chi connectivity index (χ3n) is 3.40. The van der Waals surface area contributed by atoms with Crippen LogP contribution in [0.25, 0.3) is 5.69 Å². The molecule has 3 rings (SSSR count). The van der Waals surface area contributed by atoms with Crippen LogP contribution in [-0.4, -0.2) is 42.6 Å². The fourth-order valence-corrected chi connectivity index (χ4v) is 2.64. The molecule has 0 radical (unpaired) electrons. The summed E-state index contributed by atoms with van der Waals surface area (Å²) in [4.78, 5) is 13.8. The highest BCUT2D eigenvalue weighted by Crippen LogP contribution is 2.11. The van der Waals surface area contributed by atoms with E-state index in [1.54, 1.807) is 16.6 Å². The van der Waals surface area contributed by atoms with Crippen LogP contribution in [0.2, 0.25) is 0 Å². The van der Waals surface area contributed by atoms with Crippen molar-refractivity contribution in [2.45, 2.75) is 19.2 Å². The summed E-state index contributed by atoms with van der Waals surface area (Å²) in [7, 11) is 0. The second kappa shape index (κ2) is 7.26. The van der Waals surface area contributed by atoms with Gasteiger partial charge in [0.1, 0.15) is 11.4 Å². The number of aryl methyl sites for hydroxylation is 1. The number of aromatic amines is 1. The number of hydrogen-bond acceptors (Lipinski definition) is 6. The molecule has 124 valence electrons. The predicted octanol–water partition coefficient (Wildman–Crippen LogP) is 1.49. The first-order valence-corrected chi connectivity index (χ1v) is 8.73. The van der Waals surface area contributed by atoms with E-state index in [9.17, 15) is 4.79 Å². The number of amides is 1. The van der Waals surface area contributed by atoms with Crippen molar-refractivity contribution in [2.24, 2.45) is 0 Å². The van der Waals surface area contributed by atoms with Crippen LogP contribution in [0.4, 0.5) is 0 Å². The van der Waals surface area contributed by atoms with Gasteiger partial charge in [0, 0.05) is 5.75 Å². The van der Waals surface area contributed by atoms with Crippen molar-refractivity contribution in [3.63, 3.8) is 0 Å². The lowest BCUT2D eigenvalue weighted by molar-refractivity contribution is 0.0944. The smallest absolute Gasteiger partial charge is 0.274 e. The van der Waals surface area contributed by atoms with Gasteiger partial charge in [-0.05, 0) is 25.3 Å². The van der Waals surface area contributed by atoms with Crippen molar-refractivity contribution in [1.29, 1.82) is 0 Å². The number of H-pyrrole nitrogens is 1. The lowest BCUT2D eigenvalue weighted by atomic mass is 10.3. The van der Waals surface area contributed by atoms with Crippen molar-refractivity contribution in [3.8, 4) is 5.69 Å². The molecule has 0 saturated carbocycles. The van der Waals surface area contributed by atoms with E-state index in [0.717, 1.165) is 11.4 Å². The molecule has 0 atom stereocenters. The molecule has 0 aliphatic rings. The molecule has 0 bridgehead atoms. The summed E-state index contributed by atoms with van der Waals surface area (Å²) < 4.78 is 0. The van der Waals surface area contributed by atoms with Gasteiger partial charge in [-0.2, -0.15) is 42.2 Å². The summed E-state index contributed by atoms with van der Waals surface area (Å²) in [5.74, 6) is 0.351. The Labute approximate surface area is 143 Å².